The molecule has 3 rings (SSSR count). The molecule has 2 heterocycles. The van der Waals surface area contributed by atoms with Crippen molar-refractivity contribution >= 4 is 17.5 Å². The smallest absolute Gasteiger partial charge is 0.224 e. The second-order valence-corrected chi connectivity index (χ2v) is 5.95. The fourth-order valence-corrected chi connectivity index (χ4v) is 2.62. The second kappa shape index (κ2) is 8.33. The summed E-state index contributed by atoms with van der Waals surface area (Å²) in [6.45, 7) is 6.46. The van der Waals surface area contributed by atoms with Gasteiger partial charge in [0, 0.05) is 37.9 Å². The first-order valence-electron chi connectivity index (χ1n) is 8.33. The predicted octanol–water partition coefficient (Wildman–Crippen LogP) is 2.69. The lowest BCUT2D eigenvalue weighted by molar-refractivity contribution is 0.0398. The molecule has 0 unspecified atom stereocenters. The molecule has 26 heavy (non-hydrogen) atoms. The van der Waals surface area contributed by atoms with Crippen LogP contribution in [0, 0.1) is 24.4 Å². The quantitative estimate of drug-likeness (QED) is 0.766. The van der Waals surface area contributed by atoms with Crippen molar-refractivity contribution in [2.75, 3.05) is 50.0 Å². The Balaban J connectivity index is 1.64. The van der Waals surface area contributed by atoms with Gasteiger partial charge in [-0.25, -0.2) is 18.2 Å². The second-order valence-electron chi connectivity index (χ2n) is 5.95. The molecule has 2 aromatic rings. The summed E-state index contributed by atoms with van der Waals surface area (Å²) < 4.78 is 45.5. The lowest BCUT2D eigenvalue weighted by Crippen LogP contribution is -2.39. The number of morpholine rings is 1. The summed E-state index contributed by atoms with van der Waals surface area (Å²) >= 11 is 0. The van der Waals surface area contributed by atoms with Crippen LogP contribution in [0.2, 0.25) is 0 Å². The molecule has 0 spiro atoms. The number of hydrogen-bond donors (Lipinski definition) is 2. The first-order chi connectivity index (χ1) is 12.5. The van der Waals surface area contributed by atoms with E-state index in [0.717, 1.165) is 45.0 Å². The highest BCUT2D eigenvalue weighted by Gasteiger charge is 2.14. The molecule has 1 fully saturated rings. The monoisotopic (exact) mass is 367 g/mol. The molecule has 1 aliphatic heterocycles. The first kappa shape index (κ1) is 18.4. The van der Waals surface area contributed by atoms with Gasteiger partial charge in [0.15, 0.2) is 17.5 Å². The number of anilines is 3. The maximum Gasteiger partial charge on any atom is 0.224 e. The molecule has 0 saturated carbocycles. The lowest BCUT2D eigenvalue weighted by atomic mass is 10.2. The molecule has 1 aliphatic rings. The van der Waals surface area contributed by atoms with Crippen LogP contribution in [-0.2, 0) is 4.74 Å². The van der Waals surface area contributed by atoms with Crippen LogP contribution in [0.1, 0.15) is 5.69 Å². The lowest BCUT2D eigenvalue weighted by Gasteiger charge is -2.26. The van der Waals surface area contributed by atoms with E-state index in [4.69, 9.17) is 4.74 Å². The van der Waals surface area contributed by atoms with Crippen LogP contribution in [0.15, 0.2) is 18.2 Å². The summed E-state index contributed by atoms with van der Waals surface area (Å²) in [4.78, 5) is 10.8. The Kier molecular flexibility index (Phi) is 5.89. The fraction of sp³-hybridized carbons (Fsp3) is 0.412. The molecule has 9 heteroatoms. The van der Waals surface area contributed by atoms with Crippen molar-refractivity contribution in [3.63, 3.8) is 0 Å². The normalized spacial score (nSPS) is 15.1. The molecule has 6 nitrogen and oxygen atoms in total. The number of ether oxygens (including phenoxy) is 1. The van der Waals surface area contributed by atoms with Gasteiger partial charge in [-0.2, -0.15) is 4.98 Å². The zero-order valence-electron chi connectivity index (χ0n) is 14.4. The Morgan fingerprint density at radius 1 is 1.12 bits per heavy atom. The van der Waals surface area contributed by atoms with Crippen LogP contribution >= 0.6 is 0 Å². The molecule has 1 saturated heterocycles. The zero-order chi connectivity index (χ0) is 18.5. The van der Waals surface area contributed by atoms with Crippen molar-refractivity contribution in [1.82, 2.24) is 14.9 Å². The van der Waals surface area contributed by atoms with E-state index in [1.54, 1.807) is 13.0 Å². The van der Waals surface area contributed by atoms with Gasteiger partial charge in [-0.1, -0.05) is 0 Å². The summed E-state index contributed by atoms with van der Waals surface area (Å²) in [5.74, 6) is -3.38. The van der Waals surface area contributed by atoms with Gasteiger partial charge >= 0.3 is 0 Å². The topological polar surface area (TPSA) is 62.3 Å². The number of halogens is 3. The van der Waals surface area contributed by atoms with Crippen LogP contribution < -0.4 is 10.6 Å². The number of benzene rings is 1. The van der Waals surface area contributed by atoms with E-state index in [0.29, 0.717) is 18.2 Å². The summed E-state index contributed by atoms with van der Waals surface area (Å²) in [6.07, 6.45) is 0. The minimum absolute atomic E-state index is 0.193. The Morgan fingerprint density at radius 3 is 2.65 bits per heavy atom. The highest BCUT2D eigenvalue weighted by Crippen LogP contribution is 2.23. The van der Waals surface area contributed by atoms with Crippen LogP contribution in [0.4, 0.5) is 30.6 Å². The number of hydrogen-bond acceptors (Lipinski definition) is 6. The first-order valence-corrected chi connectivity index (χ1v) is 8.33. The van der Waals surface area contributed by atoms with Gasteiger partial charge in [0.25, 0.3) is 0 Å². The fourth-order valence-electron chi connectivity index (χ4n) is 2.62. The van der Waals surface area contributed by atoms with Crippen molar-refractivity contribution in [2.45, 2.75) is 6.92 Å². The van der Waals surface area contributed by atoms with Crippen molar-refractivity contribution in [1.29, 1.82) is 0 Å². The molecular weight excluding hydrogens is 347 g/mol. The van der Waals surface area contributed by atoms with Gasteiger partial charge in [0.1, 0.15) is 5.82 Å². The highest BCUT2D eigenvalue weighted by atomic mass is 19.2. The van der Waals surface area contributed by atoms with E-state index < -0.39 is 17.5 Å². The molecule has 2 N–H and O–H groups in total. The van der Waals surface area contributed by atoms with Gasteiger partial charge in [-0.05, 0) is 19.1 Å². The summed E-state index contributed by atoms with van der Waals surface area (Å²) in [5.41, 5.74) is 0.459. The SMILES string of the molecule is Cc1cc(Nc2ccc(F)c(F)c2F)nc(NCCN2CCOCC2)n1. The Morgan fingerprint density at radius 2 is 1.88 bits per heavy atom. The number of nitrogens with one attached hydrogen (secondary N) is 2. The molecular formula is C17H20F3N5O. The van der Waals surface area contributed by atoms with E-state index >= 15 is 0 Å². The number of aryl methyl sites for hydroxylation is 1. The van der Waals surface area contributed by atoms with Gasteiger partial charge in [0.05, 0.1) is 18.9 Å². The number of nitrogens with zero attached hydrogens (tertiary/aromatic N) is 3. The van der Waals surface area contributed by atoms with Gasteiger partial charge in [-0.3, -0.25) is 4.90 Å². The minimum Gasteiger partial charge on any atom is -0.379 e. The van der Waals surface area contributed by atoms with Gasteiger partial charge in [-0.15, -0.1) is 0 Å². The van der Waals surface area contributed by atoms with Crippen LogP contribution in [-0.4, -0.2) is 54.3 Å². The Bertz CT molecular complexity index is 768. The third-order valence-electron chi connectivity index (χ3n) is 3.97. The van der Waals surface area contributed by atoms with Crippen molar-refractivity contribution in [3.8, 4) is 0 Å². The van der Waals surface area contributed by atoms with Crippen molar-refractivity contribution in [2.24, 2.45) is 0 Å². The Hall–Kier alpha value is -2.39. The molecule has 1 aromatic carbocycles. The van der Waals surface area contributed by atoms with Crippen LogP contribution in [0.3, 0.4) is 0 Å². The average molecular weight is 367 g/mol. The van der Waals surface area contributed by atoms with Crippen LogP contribution in [0.25, 0.3) is 0 Å². The molecule has 0 aliphatic carbocycles. The molecule has 1 aromatic heterocycles. The highest BCUT2D eigenvalue weighted by molar-refractivity contribution is 5.58. The average Bonchev–Trinajstić information content (AvgIpc) is 2.63. The molecule has 0 bridgehead atoms. The van der Waals surface area contributed by atoms with E-state index in [9.17, 15) is 13.2 Å². The van der Waals surface area contributed by atoms with Gasteiger partial charge < -0.3 is 15.4 Å². The molecule has 0 amide bonds. The third-order valence-corrected chi connectivity index (χ3v) is 3.97. The molecule has 0 atom stereocenters. The minimum atomic E-state index is -1.52. The Labute approximate surface area is 149 Å². The predicted molar refractivity (Wildman–Crippen MR) is 92.1 cm³/mol. The standard InChI is InChI=1S/C17H20F3N5O/c1-11-10-14(23-13-3-2-12(18)15(19)16(13)20)24-17(22-11)21-4-5-25-6-8-26-9-7-25/h2-3,10H,4-9H2,1H3,(H2,21,22,23,24). The summed E-state index contributed by atoms with van der Waals surface area (Å²) in [6, 6.07) is 3.57. The summed E-state index contributed by atoms with van der Waals surface area (Å²) in [5, 5.41) is 5.78. The largest absolute Gasteiger partial charge is 0.379 e. The van der Waals surface area contributed by atoms with E-state index in [1.807, 2.05) is 0 Å². The van der Waals surface area contributed by atoms with E-state index in [1.165, 1.54) is 0 Å². The van der Waals surface area contributed by atoms with Crippen molar-refractivity contribution in [3.05, 3.63) is 41.3 Å². The van der Waals surface area contributed by atoms with Crippen molar-refractivity contribution < 1.29 is 17.9 Å². The molecule has 140 valence electrons. The van der Waals surface area contributed by atoms with E-state index in [2.05, 4.69) is 25.5 Å². The van der Waals surface area contributed by atoms with Gasteiger partial charge in [0.2, 0.25) is 5.95 Å². The van der Waals surface area contributed by atoms with E-state index in [-0.39, 0.29) is 11.5 Å². The molecule has 0 radical (unpaired) electrons. The summed E-state index contributed by atoms with van der Waals surface area (Å²) in [7, 11) is 0. The number of aromatic nitrogens is 2. The van der Waals surface area contributed by atoms with Crippen LogP contribution in [0.5, 0.6) is 0 Å². The number of rotatable bonds is 6. The maximum atomic E-state index is 13.8. The maximum absolute atomic E-state index is 13.8. The zero-order valence-corrected chi connectivity index (χ0v) is 14.4. The third kappa shape index (κ3) is 4.61.